The zero-order valence-electron chi connectivity index (χ0n) is 8.49. The first-order chi connectivity index (χ1) is 7.47. The molecule has 1 rings (SSSR count). The minimum Gasteiger partial charge on any atom is -0.478 e. The molecular formula is C8H12N4O4. The Balaban J connectivity index is 3.00. The molecule has 1 heterocycles. The Kier molecular flexibility index (Phi) is 3.59. The van der Waals surface area contributed by atoms with Crippen LogP contribution in [0.3, 0.4) is 0 Å². The maximum atomic E-state index is 10.6. The van der Waals surface area contributed by atoms with Gasteiger partial charge in [0.25, 0.3) is 5.88 Å². The summed E-state index contributed by atoms with van der Waals surface area (Å²) in [5, 5.41) is 18.7. The molecule has 0 aliphatic rings. The summed E-state index contributed by atoms with van der Waals surface area (Å²) in [5.41, 5.74) is 10.2. The third-order valence-corrected chi connectivity index (χ3v) is 1.87. The Morgan fingerprint density at radius 1 is 1.56 bits per heavy atom. The van der Waals surface area contributed by atoms with Crippen LogP contribution >= 0.6 is 0 Å². The lowest BCUT2D eigenvalue weighted by molar-refractivity contribution is -0.132. The SMILES string of the molecule is COc1nc(C(O)C(O)C(N)=O)cnc1N. The molecule has 0 bridgehead atoms. The largest absolute Gasteiger partial charge is 0.478 e. The van der Waals surface area contributed by atoms with Gasteiger partial charge in [-0.25, -0.2) is 9.97 Å². The molecule has 6 N–H and O–H groups in total. The van der Waals surface area contributed by atoms with E-state index in [4.69, 9.17) is 16.2 Å². The lowest BCUT2D eigenvalue weighted by Gasteiger charge is -2.14. The fourth-order valence-corrected chi connectivity index (χ4v) is 1.00. The number of aliphatic hydroxyl groups is 2. The molecule has 0 aromatic carbocycles. The van der Waals surface area contributed by atoms with E-state index in [9.17, 15) is 15.0 Å². The van der Waals surface area contributed by atoms with Gasteiger partial charge in [-0.2, -0.15) is 0 Å². The number of carbonyl (C=O) groups is 1. The second kappa shape index (κ2) is 4.73. The fraction of sp³-hybridized carbons (Fsp3) is 0.375. The van der Waals surface area contributed by atoms with E-state index < -0.39 is 18.1 Å². The van der Waals surface area contributed by atoms with Gasteiger partial charge in [0.1, 0.15) is 6.10 Å². The number of hydrogen-bond donors (Lipinski definition) is 4. The molecule has 0 spiro atoms. The summed E-state index contributed by atoms with van der Waals surface area (Å²) >= 11 is 0. The highest BCUT2D eigenvalue weighted by molar-refractivity contribution is 5.79. The highest BCUT2D eigenvalue weighted by atomic mass is 16.5. The lowest BCUT2D eigenvalue weighted by atomic mass is 10.1. The van der Waals surface area contributed by atoms with Crippen LogP contribution in [0, 0.1) is 0 Å². The number of anilines is 1. The maximum Gasteiger partial charge on any atom is 0.257 e. The number of rotatable bonds is 4. The zero-order chi connectivity index (χ0) is 12.3. The molecule has 2 unspecified atom stereocenters. The number of methoxy groups -OCH3 is 1. The van der Waals surface area contributed by atoms with E-state index in [2.05, 4.69) is 9.97 Å². The van der Waals surface area contributed by atoms with Crippen molar-refractivity contribution in [3.63, 3.8) is 0 Å². The van der Waals surface area contributed by atoms with Crippen molar-refractivity contribution in [2.24, 2.45) is 5.73 Å². The van der Waals surface area contributed by atoms with E-state index >= 15 is 0 Å². The van der Waals surface area contributed by atoms with Gasteiger partial charge in [-0.15, -0.1) is 0 Å². The number of hydrogen-bond acceptors (Lipinski definition) is 7. The first-order valence-electron chi connectivity index (χ1n) is 4.29. The van der Waals surface area contributed by atoms with Gasteiger partial charge in [-0.1, -0.05) is 0 Å². The molecule has 0 fully saturated rings. The number of carbonyl (C=O) groups excluding carboxylic acids is 1. The molecule has 8 nitrogen and oxygen atoms in total. The molecule has 0 saturated carbocycles. The van der Waals surface area contributed by atoms with Crippen LogP contribution in [0.5, 0.6) is 5.88 Å². The Morgan fingerprint density at radius 2 is 2.19 bits per heavy atom. The second-order valence-corrected chi connectivity index (χ2v) is 2.98. The number of nitrogens with two attached hydrogens (primary N) is 2. The van der Waals surface area contributed by atoms with Crippen molar-refractivity contribution in [1.29, 1.82) is 0 Å². The number of ether oxygens (including phenoxy) is 1. The smallest absolute Gasteiger partial charge is 0.257 e. The third-order valence-electron chi connectivity index (χ3n) is 1.87. The molecule has 2 atom stereocenters. The molecule has 1 aromatic rings. The Hall–Kier alpha value is -1.93. The molecule has 0 aliphatic carbocycles. The first-order valence-corrected chi connectivity index (χ1v) is 4.29. The van der Waals surface area contributed by atoms with Crippen LogP contribution in [-0.4, -0.2) is 39.3 Å². The van der Waals surface area contributed by atoms with Gasteiger partial charge < -0.3 is 26.4 Å². The van der Waals surface area contributed by atoms with Crippen LogP contribution in [0.15, 0.2) is 6.20 Å². The van der Waals surface area contributed by atoms with Gasteiger partial charge in [0.15, 0.2) is 11.9 Å². The summed E-state index contributed by atoms with van der Waals surface area (Å²) < 4.78 is 4.77. The van der Waals surface area contributed by atoms with Gasteiger partial charge in [0.05, 0.1) is 19.0 Å². The van der Waals surface area contributed by atoms with E-state index in [1.807, 2.05) is 0 Å². The Bertz CT molecular complexity index is 398. The predicted octanol–water partition coefficient (Wildman–Crippen LogP) is -2.05. The normalized spacial score (nSPS) is 14.2. The highest BCUT2D eigenvalue weighted by Gasteiger charge is 2.25. The van der Waals surface area contributed by atoms with E-state index in [1.165, 1.54) is 7.11 Å². The molecular weight excluding hydrogens is 216 g/mol. The number of primary amides is 1. The molecule has 1 amide bonds. The van der Waals surface area contributed by atoms with Crippen LogP contribution < -0.4 is 16.2 Å². The summed E-state index contributed by atoms with van der Waals surface area (Å²) in [6.45, 7) is 0. The topological polar surface area (TPSA) is 145 Å². The van der Waals surface area contributed by atoms with Crippen molar-refractivity contribution in [1.82, 2.24) is 9.97 Å². The van der Waals surface area contributed by atoms with E-state index in [-0.39, 0.29) is 17.4 Å². The molecule has 8 heteroatoms. The summed E-state index contributed by atoms with van der Waals surface area (Å²) in [6, 6.07) is 0. The number of nitrogens with zero attached hydrogens (tertiary/aromatic N) is 2. The Labute approximate surface area is 90.9 Å². The van der Waals surface area contributed by atoms with Gasteiger partial charge in [-0.05, 0) is 0 Å². The third kappa shape index (κ3) is 2.35. The van der Waals surface area contributed by atoms with Gasteiger partial charge in [0, 0.05) is 0 Å². The maximum absolute atomic E-state index is 10.6. The standard InChI is InChI=1S/C8H12N4O4/c1-16-8-6(9)11-2-3(12-8)4(13)5(14)7(10)15/h2,4-5,13-14H,1H3,(H2,9,11)(H2,10,15). The van der Waals surface area contributed by atoms with Crippen LogP contribution in [0.1, 0.15) is 11.8 Å². The Morgan fingerprint density at radius 3 is 2.69 bits per heavy atom. The summed E-state index contributed by atoms with van der Waals surface area (Å²) in [7, 11) is 1.32. The fourth-order valence-electron chi connectivity index (χ4n) is 1.00. The average molecular weight is 228 g/mol. The molecule has 0 saturated heterocycles. The van der Waals surface area contributed by atoms with Gasteiger partial charge >= 0.3 is 0 Å². The minimum absolute atomic E-state index is 0.00628. The molecule has 88 valence electrons. The quantitative estimate of drug-likeness (QED) is 0.464. The van der Waals surface area contributed by atoms with E-state index in [0.717, 1.165) is 6.20 Å². The van der Waals surface area contributed by atoms with E-state index in [0.29, 0.717) is 0 Å². The predicted molar refractivity (Wildman–Crippen MR) is 53.2 cm³/mol. The van der Waals surface area contributed by atoms with Crippen LogP contribution in [0.25, 0.3) is 0 Å². The van der Waals surface area contributed by atoms with Crippen LogP contribution in [0.2, 0.25) is 0 Å². The lowest BCUT2D eigenvalue weighted by Crippen LogP contribution is -2.34. The summed E-state index contributed by atoms with van der Waals surface area (Å²) in [5.74, 6) is -1.04. The number of aromatic nitrogens is 2. The van der Waals surface area contributed by atoms with Crippen molar-refractivity contribution in [2.75, 3.05) is 12.8 Å². The molecule has 0 radical (unpaired) electrons. The number of aliphatic hydroxyl groups excluding tert-OH is 2. The monoisotopic (exact) mass is 228 g/mol. The molecule has 16 heavy (non-hydrogen) atoms. The van der Waals surface area contributed by atoms with Crippen molar-refractivity contribution in [3.8, 4) is 5.88 Å². The first kappa shape index (κ1) is 12.1. The van der Waals surface area contributed by atoms with Gasteiger partial charge in [-0.3, -0.25) is 4.79 Å². The molecule has 0 aliphatic heterocycles. The molecule has 1 aromatic heterocycles. The van der Waals surface area contributed by atoms with Crippen molar-refractivity contribution in [2.45, 2.75) is 12.2 Å². The minimum atomic E-state index is -1.76. The zero-order valence-corrected chi connectivity index (χ0v) is 8.49. The number of nitrogen functional groups attached to an aromatic ring is 1. The van der Waals surface area contributed by atoms with Crippen molar-refractivity contribution >= 4 is 11.7 Å². The van der Waals surface area contributed by atoms with Crippen molar-refractivity contribution < 1.29 is 19.7 Å². The summed E-state index contributed by atoms with van der Waals surface area (Å²) in [4.78, 5) is 18.1. The second-order valence-electron chi connectivity index (χ2n) is 2.98. The van der Waals surface area contributed by atoms with Crippen LogP contribution in [-0.2, 0) is 4.79 Å². The van der Waals surface area contributed by atoms with Gasteiger partial charge in [0.2, 0.25) is 5.91 Å². The van der Waals surface area contributed by atoms with Crippen molar-refractivity contribution in [3.05, 3.63) is 11.9 Å². The van der Waals surface area contributed by atoms with E-state index in [1.54, 1.807) is 0 Å². The van der Waals surface area contributed by atoms with Crippen LogP contribution in [0.4, 0.5) is 5.82 Å². The average Bonchev–Trinajstić information content (AvgIpc) is 2.27. The summed E-state index contributed by atoms with van der Waals surface area (Å²) in [6.07, 6.45) is -2.21. The number of amides is 1. The highest BCUT2D eigenvalue weighted by Crippen LogP contribution is 2.20.